The summed E-state index contributed by atoms with van der Waals surface area (Å²) in [6.07, 6.45) is -4.48. The first-order valence-corrected chi connectivity index (χ1v) is 10.7. The minimum absolute atomic E-state index is 0.0798. The van der Waals surface area contributed by atoms with E-state index in [-0.39, 0.29) is 23.0 Å². The Morgan fingerprint density at radius 1 is 0.778 bits per heavy atom. The molecule has 2 rings (SSSR count). The van der Waals surface area contributed by atoms with Crippen molar-refractivity contribution in [1.82, 2.24) is 9.97 Å². The maximum absolute atomic E-state index is 12.9. The smallest absolute Gasteiger partial charge is 0.274 e. The summed E-state index contributed by atoms with van der Waals surface area (Å²) in [4.78, 5) is 58.4. The standard InChI is InChI=1S/C25H25F3N4O4/c1-14-21(12-13-24(6,7)19-8-10-20(11-9-19)25(26,27)28)22(31(15(2)33)16(3)34)30-23(29-14)32(17(4)35)18(5)36/h8-11H,1-7H3. The average Bonchev–Trinajstić information content (AvgIpc) is 2.71. The zero-order chi connectivity index (χ0) is 27.6. The van der Waals surface area contributed by atoms with E-state index in [0.717, 1.165) is 44.7 Å². The lowest BCUT2D eigenvalue weighted by atomic mass is 9.84. The number of halogens is 3. The van der Waals surface area contributed by atoms with Crippen molar-refractivity contribution in [3.63, 3.8) is 0 Å². The van der Waals surface area contributed by atoms with Gasteiger partial charge < -0.3 is 0 Å². The number of anilines is 2. The molecule has 0 N–H and O–H groups in total. The molecule has 0 aliphatic rings. The first-order chi connectivity index (χ1) is 16.5. The molecule has 0 radical (unpaired) electrons. The Bertz CT molecular complexity index is 1260. The fraction of sp³-hybridized carbons (Fsp3) is 0.360. The Morgan fingerprint density at radius 3 is 1.64 bits per heavy atom. The lowest BCUT2D eigenvalue weighted by Crippen LogP contribution is -2.38. The van der Waals surface area contributed by atoms with Crippen molar-refractivity contribution in [2.24, 2.45) is 0 Å². The quantitative estimate of drug-likeness (QED) is 0.590. The minimum Gasteiger partial charge on any atom is -0.274 e. The summed E-state index contributed by atoms with van der Waals surface area (Å²) in [7, 11) is 0. The highest BCUT2D eigenvalue weighted by atomic mass is 19.4. The van der Waals surface area contributed by atoms with E-state index in [2.05, 4.69) is 21.8 Å². The molecule has 1 aromatic carbocycles. The van der Waals surface area contributed by atoms with Crippen molar-refractivity contribution in [2.75, 3.05) is 9.80 Å². The van der Waals surface area contributed by atoms with Crippen molar-refractivity contribution in [3.05, 3.63) is 46.6 Å². The van der Waals surface area contributed by atoms with Crippen molar-refractivity contribution in [3.8, 4) is 11.8 Å². The van der Waals surface area contributed by atoms with E-state index < -0.39 is 40.8 Å². The number of hydrogen-bond donors (Lipinski definition) is 0. The summed E-state index contributed by atoms with van der Waals surface area (Å²) in [5, 5.41) is 0. The number of imide groups is 2. The Balaban J connectivity index is 2.72. The molecule has 0 aliphatic heterocycles. The Kier molecular flexibility index (Phi) is 8.04. The van der Waals surface area contributed by atoms with E-state index in [0.29, 0.717) is 10.5 Å². The van der Waals surface area contributed by atoms with Gasteiger partial charge in [0.2, 0.25) is 29.6 Å². The van der Waals surface area contributed by atoms with E-state index in [1.165, 1.54) is 19.1 Å². The molecular weight excluding hydrogens is 477 g/mol. The van der Waals surface area contributed by atoms with E-state index in [1.54, 1.807) is 13.8 Å². The van der Waals surface area contributed by atoms with Crippen LogP contribution in [0.2, 0.25) is 0 Å². The van der Waals surface area contributed by atoms with Crippen LogP contribution in [-0.4, -0.2) is 33.6 Å². The Hall–Kier alpha value is -4.07. The third-order valence-corrected chi connectivity index (χ3v) is 5.16. The van der Waals surface area contributed by atoms with Crippen LogP contribution in [0.3, 0.4) is 0 Å². The first-order valence-electron chi connectivity index (χ1n) is 10.7. The van der Waals surface area contributed by atoms with Crippen LogP contribution in [0, 0.1) is 18.8 Å². The van der Waals surface area contributed by atoms with Gasteiger partial charge in [0.25, 0.3) is 0 Å². The van der Waals surface area contributed by atoms with Crippen LogP contribution in [0.15, 0.2) is 24.3 Å². The molecule has 0 spiro atoms. The second-order valence-electron chi connectivity index (χ2n) is 8.50. The molecule has 0 fully saturated rings. The normalized spacial score (nSPS) is 11.3. The largest absolute Gasteiger partial charge is 0.416 e. The topological polar surface area (TPSA) is 101 Å². The second kappa shape index (κ2) is 10.3. The zero-order valence-corrected chi connectivity index (χ0v) is 20.9. The fourth-order valence-corrected chi connectivity index (χ4v) is 3.34. The number of aromatic nitrogens is 2. The number of aryl methyl sites for hydroxylation is 1. The third-order valence-electron chi connectivity index (χ3n) is 5.16. The van der Waals surface area contributed by atoms with Gasteiger partial charge in [-0.05, 0) is 38.5 Å². The molecule has 1 heterocycles. The molecule has 36 heavy (non-hydrogen) atoms. The number of nitrogens with zero attached hydrogens (tertiary/aromatic N) is 4. The van der Waals surface area contributed by atoms with Gasteiger partial charge >= 0.3 is 6.18 Å². The Morgan fingerprint density at radius 2 is 1.22 bits per heavy atom. The van der Waals surface area contributed by atoms with Gasteiger partial charge in [-0.25, -0.2) is 14.8 Å². The number of hydrogen-bond acceptors (Lipinski definition) is 6. The van der Waals surface area contributed by atoms with Gasteiger partial charge in [-0.15, -0.1) is 0 Å². The highest BCUT2D eigenvalue weighted by Gasteiger charge is 2.31. The summed E-state index contributed by atoms with van der Waals surface area (Å²) < 4.78 is 38.8. The predicted molar refractivity (Wildman–Crippen MR) is 126 cm³/mol. The van der Waals surface area contributed by atoms with E-state index in [4.69, 9.17) is 0 Å². The summed E-state index contributed by atoms with van der Waals surface area (Å²) in [6, 6.07) is 4.55. The molecule has 0 unspecified atom stereocenters. The number of carbonyl (C=O) groups excluding carboxylic acids is 4. The molecule has 0 aliphatic carbocycles. The van der Waals surface area contributed by atoms with Crippen LogP contribution in [-0.2, 0) is 30.8 Å². The minimum atomic E-state index is -4.48. The summed E-state index contributed by atoms with van der Waals surface area (Å²) in [5.41, 5.74) is -0.999. The molecule has 11 heteroatoms. The van der Waals surface area contributed by atoms with Gasteiger partial charge in [0.05, 0.1) is 22.2 Å². The number of carbonyl (C=O) groups is 4. The highest BCUT2D eigenvalue weighted by Crippen LogP contribution is 2.32. The van der Waals surface area contributed by atoms with E-state index >= 15 is 0 Å². The summed E-state index contributed by atoms with van der Waals surface area (Å²) in [6.45, 7) is 9.41. The lowest BCUT2D eigenvalue weighted by molar-refractivity contribution is -0.137. The van der Waals surface area contributed by atoms with Crippen LogP contribution in [0.1, 0.15) is 63.9 Å². The maximum Gasteiger partial charge on any atom is 0.416 e. The van der Waals surface area contributed by atoms with Gasteiger partial charge in [0.15, 0.2) is 5.82 Å². The molecule has 0 saturated carbocycles. The molecule has 0 saturated heterocycles. The van der Waals surface area contributed by atoms with Crippen LogP contribution in [0.25, 0.3) is 0 Å². The molecule has 4 amide bonds. The molecule has 1 aromatic heterocycles. The van der Waals surface area contributed by atoms with E-state index in [9.17, 15) is 32.3 Å². The van der Waals surface area contributed by atoms with Crippen molar-refractivity contribution in [2.45, 2.75) is 60.1 Å². The first kappa shape index (κ1) is 28.2. The van der Waals surface area contributed by atoms with Gasteiger partial charge in [0.1, 0.15) is 0 Å². The van der Waals surface area contributed by atoms with Crippen molar-refractivity contribution < 1.29 is 32.3 Å². The summed E-state index contributed by atoms with van der Waals surface area (Å²) in [5.74, 6) is 2.53. The molecule has 0 atom stereocenters. The van der Waals surface area contributed by atoms with Gasteiger partial charge in [0, 0.05) is 27.7 Å². The van der Waals surface area contributed by atoms with Crippen molar-refractivity contribution in [1.29, 1.82) is 0 Å². The second-order valence-corrected chi connectivity index (χ2v) is 8.50. The predicted octanol–water partition coefficient (Wildman–Crippen LogP) is 3.93. The van der Waals surface area contributed by atoms with Crippen LogP contribution in [0.5, 0.6) is 0 Å². The average molecular weight is 502 g/mol. The van der Waals surface area contributed by atoms with Crippen LogP contribution < -0.4 is 9.80 Å². The number of amides is 4. The van der Waals surface area contributed by atoms with E-state index in [1.807, 2.05) is 0 Å². The number of rotatable bonds is 3. The number of alkyl halides is 3. The summed E-state index contributed by atoms with van der Waals surface area (Å²) >= 11 is 0. The third kappa shape index (κ3) is 6.13. The molecular formula is C25H25F3N4O4. The molecule has 190 valence electrons. The van der Waals surface area contributed by atoms with Gasteiger partial charge in [-0.3, -0.25) is 19.2 Å². The van der Waals surface area contributed by atoms with Crippen LogP contribution in [0.4, 0.5) is 24.9 Å². The van der Waals surface area contributed by atoms with Gasteiger partial charge in [-0.2, -0.15) is 18.2 Å². The molecule has 8 nitrogen and oxygen atoms in total. The fourth-order valence-electron chi connectivity index (χ4n) is 3.34. The van der Waals surface area contributed by atoms with Gasteiger partial charge in [-0.1, -0.05) is 24.0 Å². The lowest BCUT2D eigenvalue weighted by Gasteiger charge is -2.22. The highest BCUT2D eigenvalue weighted by molar-refractivity contribution is 6.14. The van der Waals surface area contributed by atoms with Crippen LogP contribution >= 0.6 is 0 Å². The Labute approximate surface area is 206 Å². The number of benzene rings is 1. The monoisotopic (exact) mass is 502 g/mol. The molecule has 2 aromatic rings. The maximum atomic E-state index is 12.9. The molecule has 0 bridgehead atoms. The van der Waals surface area contributed by atoms with Crippen molar-refractivity contribution >= 4 is 35.4 Å². The zero-order valence-electron chi connectivity index (χ0n) is 20.9. The SMILES string of the molecule is CC(=O)N(C(C)=O)c1nc(C)c(C#CC(C)(C)c2ccc(C(F)(F)F)cc2)c(N(C(C)=O)C(C)=O)n1.